The molecule has 2 unspecified atom stereocenters. The van der Waals surface area contributed by atoms with Crippen LogP contribution in [0.2, 0.25) is 0 Å². The van der Waals surface area contributed by atoms with Gasteiger partial charge in [0, 0.05) is 29.7 Å². The quantitative estimate of drug-likeness (QED) is 0.126. The Bertz CT molecular complexity index is 2280. The van der Waals surface area contributed by atoms with Crippen molar-refractivity contribution < 1.29 is 14.1 Å². The highest BCUT2D eigenvalue weighted by Crippen LogP contribution is 2.45. The molecule has 0 radical (unpaired) electrons. The first-order chi connectivity index (χ1) is 26.2. The topological polar surface area (TPSA) is 107 Å². The zero-order valence-electron chi connectivity index (χ0n) is 28.8. The van der Waals surface area contributed by atoms with Gasteiger partial charge in [-0.2, -0.15) is 0 Å². The molecule has 260 valence electrons. The fourth-order valence-electron chi connectivity index (χ4n) is 7.72. The Labute approximate surface area is 306 Å². The van der Waals surface area contributed by atoms with Crippen molar-refractivity contribution in [1.82, 2.24) is 24.5 Å². The summed E-state index contributed by atoms with van der Waals surface area (Å²) < 4.78 is 13.2. The van der Waals surface area contributed by atoms with Gasteiger partial charge < -0.3 is 9.26 Å². The van der Waals surface area contributed by atoms with Crippen LogP contribution in [0.25, 0.3) is 11.4 Å². The molecule has 10 nitrogen and oxygen atoms in total. The lowest BCUT2D eigenvalue weighted by atomic mass is 9.77. The van der Waals surface area contributed by atoms with E-state index in [1.807, 2.05) is 77.7 Å². The molecular formula is C43H36N7O3+. The van der Waals surface area contributed by atoms with Crippen LogP contribution in [0, 0.1) is 0 Å². The largest absolute Gasteiger partial charge is 0.457 e. The number of amides is 2. The van der Waals surface area contributed by atoms with Crippen LogP contribution in [-0.4, -0.2) is 44.5 Å². The summed E-state index contributed by atoms with van der Waals surface area (Å²) in [6, 6.07) is 48.3. The van der Waals surface area contributed by atoms with Crippen LogP contribution in [0.5, 0.6) is 0 Å². The number of nitrogens with one attached hydrogen (secondary N) is 1. The lowest BCUT2D eigenvalue weighted by molar-refractivity contribution is -0.0582. The highest BCUT2D eigenvalue weighted by atomic mass is 16.5. The zero-order valence-corrected chi connectivity index (χ0v) is 28.8. The van der Waals surface area contributed by atoms with Crippen LogP contribution >= 0.6 is 0 Å². The Morgan fingerprint density at radius 2 is 1.40 bits per heavy atom. The molecule has 5 aromatic carbocycles. The summed E-state index contributed by atoms with van der Waals surface area (Å²) in [6.07, 6.45) is 5.25. The first kappa shape index (κ1) is 32.4. The lowest BCUT2D eigenvalue weighted by Crippen LogP contribution is -2.59. The van der Waals surface area contributed by atoms with E-state index in [0.29, 0.717) is 30.3 Å². The Hall–Kier alpha value is -6.49. The molecule has 2 amide bonds. The van der Waals surface area contributed by atoms with Crippen LogP contribution in [0.15, 0.2) is 168 Å². The molecule has 2 atom stereocenters. The Morgan fingerprint density at radius 3 is 1.98 bits per heavy atom. The number of ether oxygens (including phenoxy) is 1. The molecule has 2 aromatic heterocycles. The first-order valence-corrected chi connectivity index (χ1v) is 17.8. The summed E-state index contributed by atoms with van der Waals surface area (Å²) in [5, 5.41) is 17.2. The van der Waals surface area contributed by atoms with Crippen LogP contribution in [0.4, 0.5) is 16.4 Å². The lowest BCUT2D eigenvalue weighted by Gasteiger charge is -2.35. The van der Waals surface area contributed by atoms with E-state index in [9.17, 15) is 4.79 Å². The van der Waals surface area contributed by atoms with Crippen LogP contribution < -0.4 is 9.91 Å². The molecule has 1 saturated heterocycles. The molecule has 0 bridgehead atoms. The zero-order chi connectivity index (χ0) is 35.7. The summed E-state index contributed by atoms with van der Waals surface area (Å²) in [7, 11) is 0. The molecule has 7 aromatic rings. The van der Waals surface area contributed by atoms with Gasteiger partial charge in [0.25, 0.3) is 0 Å². The van der Waals surface area contributed by atoms with Gasteiger partial charge in [-0.15, -0.1) is 5.10 Å². The minimum absolute atomic E-state index is 0.235. The van der Waals surface area contributed by atoms with E-state index in [1.54, 1.807) is 6.07 Å². The van der Waals surface area contributed by atoms with Gasteiger partial charge in [-0.3, -0.25) is 0 Å². The first-order valence-electron chi connectivity index (χ1n) is 17.8. The molecule has 53 heavy (non-hydrogen) atoms. The number of hydrogen-bond acceptors (Lipinski definition) is 7. The molecule has 9 rings (SSSR count). The highest BCUT2D eigenvalue weighted by molar-refractivity contribution is 6.21. The number of hydrogen-bond donors (Lipinski definition) is 1. The van der Waals surface area contributed by atoms with E-state index in [1.165, 1.54) is 6.20 Å². The van der Waals surface area contributed by atoms with E-state index < -0.39 is 22.4 Å². The van der Waals surface area contributed by atoms with Gasteiger partial charge in [0.15, 0.2) is 11.5 Å². The molecule has 0 spiro atoms. The van der Waals surface area contributed by atoms with Crippen molar-refractivity contribution in [2.45, 2.75) is 31.0 Å². The SMILES string of the molecule is O=C(Nc1ccno1)[N+]1(C2CCCCO2)N=C(c2ccccc2)c2cc(-c3ncn(C(c4ccccc4)(c4ccccc4)c4ccccc4)n3)ccc21. The fraction of sp³-hybridized carbons (Fsp3) is 0.140. The number of anilines is 1. The number of nitrogens with zero attached hydrogens (tertiary/aromatic N) is 6. The predicted molar refractivity (Wildman–Crippen MR) is 203 cm³/mol. The van der Waals surface area contributed by atoms with Gasteiger partial charge in [0.05, 0.1) is 18.4 Å². The minimum Gasteiger partial charge on any atom is -0.338 e. The molecule has 4 heterocycles. The number of fused-ring (bicyclic) bond motifs is 1. The normalized spacial score (nSPS) is 18.3. The maximum Gasteiger partial charge on any atom is 0.457 e. The summed E-state index contributed by atoms with van der Waals surface area (Å²) in [5.74, 6) is 0.774. The summed E-state index contributed by atoms with van der Waals surface area (Å²) in [4.78, 5) is 19.5. The third kappa shape index (κ3) is 5.47. The third-order valence-corrected chi connectivity index (χ3v) is 10.1. The molecule has 10 heteroatoms. The maximum absolute atomic E-state index is 14.5. The van der Waals surface area contributed by atoms with Crippen molar-refractivity contribution in [3.8, 4) is 11.4 Å². The second-order valence-corrected chi connectivity index (χ2v) is 13.2. The standard InChI is InChI=1S/C43H35N7O3/c51-42(46-38-26-27-45-53-38)50(39-23-13-14-28-52-39)37-25-24-32(29-36(37)40(48-50)31-15-5-1-6-16-31)41-44-30-49(47-41)43(33-17-7-2-8-18-33,34-19-9-3-10-20-34)35-21-11-4-12-22-35/h1-12,15-22,24-27,29-30,39H,13-14,23,28H2/p+1. The second kappa shape index (κ2) is 13.6. The predicted octanol–water partition coefficient (Wildman–Crippen LogP) is 8.61. The number of carbonyl (C=O) groups excluding carboxylic acids is 1. The maximum atomic E-state index is 14.5. The molecule has 0 aliphatic carbocycles. The monoisotopic (exact) mass is 698 g/mol. The molecule has 2 aliphatic heterocycles. The van der Waals surface area contributed by atoms with Gasteiger partial charge in [0.2, 0.25) is 12.1 Å². The smallest absolute Gasteiger partial charge is 0.338 e. The third-order valence-electron chi connectivity index (χ3n) is 10.1. The molecule has 1 N–H and O–H groups in total. The van der Waals surface area contributed by atoms with E-state index in [-0.39, 0.29) is 5.88 Å². The number of rotatable bonds is 8. The summed E-state index contributed by atoms with van der Waals surface area (Å²) in [5.41, 5.74) is 6.17. The van der Waals surface area contributed by atoms with Crippen molar-refractivity contribution in [3.05, 3.63) is 186 Å². The number of quaternary nitrogens is 1. The average molecular weight is 699 g/mol. The van der Waals surface area contributed by atoms with Gasteiger partial charge in [0.1, 0.15) is 17.6 Å². The summed E-state index contributed by atoms with van der Waals surface area (Å²) in [6.45, 7) is 0.539. The number of aromatic nitrogens is 4. The van der Waals surface area contributed by atoms with Gasteiger partial charge in [-0.1, -0.05) is 136 Å². The Morgan fingerprint density at radius 1 is 0.755 bits per heavy atom. The number of carbonyl (C=O) groups is 1. The van der Waals surface area contributed by atoms with Crippen LogP contribution in [-0.2, 0) is 10.3 Å². The Balaban J connectivity index is 1.22. The van der Waals surface area contributed by atoms with Crippen molar-refractivity contribution in [3.63, 3.8) is 0 Å². The van der Waals surface area contributed by atoms with Crippen LogP contribution in [0.1, 0.15) is 47.1 Å². The van der Waals surface area contributed by atoms with Crippen molar-refractivity contribution in [2.24, 2.45) is 5.10 Å². The summed E-state index contributed by atoms with van der Waals surface area (Å²) >= 11 is 0. The molecular weight excluding hydrogens is 663 g/mol. The van der Waals surface area contributed by atoms with Gasteiger partial charge >= 0.3 is 6.03 Å². The minimum atomic E-state index is -0.814. The molecule has 0 saturated carbocycles. The molecule has 2 aliphatic rings. The average Bonchev–Trinajstić information content (AvgIpc) is 4.01. The van der Waals surface area contributed by atoms with E-state index in [0.717, 1.165) is 46.2 Å². The van der Waals surface area contributed by atoms with Crippen molar-refractivity contribution >= 4 is 23.3 Å². The Kier molecular flexibility index (Phi) is 8.30. The van der Waals surface area contributed by atoms with Crippen molar-refractivity contribution in [1.29, 1.82) is 0 Å². The fourth-order valence-corrected chi connectivity index (χ4v) is 7.72. The van der Waals surface area contributed by atoms with Crippen LogP contribution in [0.3, 0.4) is 0 Å². The molecule has 1 fully saturated rings. The van der Waals surface area contributed by atoms with E-state index in [4.69, 9.17) is 24.4 Å². The number of benzene rings is 5. The highest BCUT2D eigenvalue weighted by Gasteiger charge is 2.56. The van der Waals surface area contributed by atoms with Gasteiger partial charge in [-0.25, -0.2) is 19.8 Å². The van der Waals surface area contributed by atoms with Gasteiger partial charge in [-0.05, 0) is 41.7 Å². The second-order valence-electron chi connectivity index (χ2n) is 13.2. The van der Waals surface area contributed by atoms with Crippen molar-refractivity contribution in [2.75, 3.05) is 11.9 Å². The van der Waals surface area contributed by atoms with E-state index >= 15 is 0 Å². The van der Waals surface area contributed by atoms with E-state index in [2.05, 4.69) is 83.3 Å². The number of urea groups is 1.